The molecule has 80 valence electrons. The van der Waals surface area contributed by atoms with Crippen molar-refractivity contribution in [3.63, 3.8) is 0 Å². The van der Waals surface area contributed by atoms with E-state index in [0.29, 0.717) is 10.8 Å². The molecule has 4 nitrogen and oxygen atoms in total. The van der Waals surface area contributed by atoms with Crippen LogP contribution in [0.15, 0.2) is 54.7 Å². The highest BCUT2D eigenvalue weighted by Gasteiger charge is 2.15. The molecule has 1 aromatic heterocycles. The third-order valence-electron chi connectivity index (χ3n) is 2.08. The summed E-state index contributed by atoms with van der Waals surface area (Å²) < 4.78 is 0. The molecule has 0 bridgehead atoms. The maximum atomic E-state index is 11.8. The Kier molecular flexibility index (Phi) is 2.93. The van der Waals surface area contributed by atoms with Gasteiger partial charge in [0.1, 0.15) is 5.69 Å². The Labute approximate surface area is 92.7 Å². The zero-order valence-corrected chi connectivity index (χ0v) is 8.45. The number of hydrogen-bond acceptors (Lipinski definition) is 3. The van der Waals surface area contributed by atoms with Crippen molar-refractivity contribution in [1.29, 1.82) is 0 Å². The summed E-state index contributed by atoms with van der Waals surface area (Å²) in [6.45, 7) is 0. The van der Waals surface area contributed by atoms with Gasteiger partial charge in [0.25, 0.3) is 0 Å². The Morgan fingerprint density at radius 1 is 1.06 bits per heavy atom. The molecular weight excluding hydrogens is 204 g/mol. The lowest BCUT2D eigenvalue weighted by Crippen LogP contribution is -2.27. The Hall–Kier alpha value is -2.20. The average molecular weight is 214 g/mol. The van der Waals surface area contributed by atoms with Gasteiger partial charge in [0.15, 0.2) is 0 Å². The van der Waals surface area contributed by atoms with E-state index in [1.54, 1.807) is 42.5 Å². The van der Waals surface area contributed by atoms with Gasteiger partial charge in [0.2, 0.25) is 0 Å². The van der Waals surface area contributed by atoms with Crippen molar-refractivity contribution in [2.75, 3.05) is 5.06 Å². The van der Waals surface area contributed by atoms with Gasteiger partial charge in [-0.15, -0.1) is 0 Å². The van der Waals surface area contributed by atoms with E-state index < -0.39 is 5.91 Å². The summed E-state index contributed by atoms with van der Waals surface area (Å²) >= 11 is 0. The Balaban J connectivity index is 2.24. The minimum atomic E-state index is -0.549. The molecule has 0 aliphatic heterocycles. The summed E-state index contributed by atoms with van der Waals surface area (Å²) in [5.74, 6) is -0.549. The number of carbonyl (C=O) groups excluding carboxylic acids is 1. The summed E-state index contributed by atoms with van der Waals surface area (Å²) in [5, 5.41) is 10.3. The normalized spacial score (nSPS) is 9.81. The molecule has 4 heteroatoms. The number of hydroxylamine groups is 1. The van der Waals surface area contributed by atoms with E-state index in [0.717, 1.165) is 0 Å². The molecule has 0 saturated carbocycles. The molecule has 2 rings (SSSR count). The number of carbonyl (C=O) groups is 1. The van der Waals surface area contributed by atoms with Crippen LogP contribution >= 0.6 is 0 Å². The van der Waals surface area contributed by atoms with Crippen LogP contribution in [-0.2, 0) is 0 Å². The van der Waals surface area contributed by atoms with E-state index in [1.165, 1.54) is 6.20 Å². The lowest BCUT2D eigenvalue weighted by molar-refractivity contribution is 0.0849. The maximum Gasteiger partial charge on any atom is 0.300 e. The molecule has 1 aromatic carbocycles. The van der Waals surface area contributed by atoms with Gasteiger partial charge in [-0.3, -0.25) is 15.0 Å². The number of para-hydroxylation sites is 1. The van der Waals surface area contributed by atoms with Gasteiger partial charge in [-0.05, 0) is 24.3 Å². The van der Waals surface area contributed by atoms with Crippen LogP contribution in [0.1, 0.15) is 10.5 Å². The molecule has 16 heavy (non-hydrogen) atoms. The van der Waals surface area contributed by atoms with Crippen molar-refractivity contribution in [2.45, 2.75) is 0 Å². The molecule has 0 aliphatic rings. The van der Waals surface area contributed by atoms with Crippen molar-refractivity contribution >= 4 is 11.6 Å². The van der Waals surface area contributed by atoms with Crippen LogP contribution in [-0.4, -0.2) is 16.1 Å². The van der Waals surface area contributed by atoms with Gasteiger partial charge in [0, 0.05) is 6.20 Å². The third-order valence-corrected chi connectivity index (χ3v) is 2.08. The number of nitrogens with zero attached hydrogens (tertiary/aromatic N) is 2. The highest BCUT2D eigenvalue weighted by Crippen LogP contribution is 2.13. The average Bonchev–Trinajstić information content (AvgIpc) is 2.39. The molecule has 1 N–H and O–H groups in total. The third kappa shape index (κ3) is 2.07. The van der Waals surface area contributed by atoms with Crippen LogP contribution in [0.4, 0.5) is 5.69 Å². The standard InChI is InChI=1S/C12H10N2O2/c15-12(11-8-4-5-9-13-11)14(16)10-6-2-1-3-7-10/h1-9,16H. The van der Waals surface area contributed by atoms with Gasteiger partial charge in [0.05, 0.1) is 5.69 Å². The molecule has 2 aromatic rings. The van der Waals surface area contributed by atoms with Gasteiger partial charge in [-0.2, -0.15) is 5.06 Å². The van der Waals surface area contributed by atoms with Gasteiger partial charge >= 0.3 is 5.91 Å². The van der Waals surface area contributed by atoms with Crippen LogP contribution < -0.4 is 5.06 Å². The Morgan fingerprint density at radius 2 is 1.75 bits per heavy atom. The van der Waals surface area contributed by atoms with Crippen molar-refractivity contribution in [1.82, 2.24) is 4.98 Å². The van der Waals surface area contributed by atoms with Gasteiger partial charge in [-0.1, -0.05) is 24.3 Å². The second kappa shape index (κ2) is 4.55. The zero-order chi connectivity index (χ0) is 11.4. The fraction of sp³-hybridized carbons (Fsp3) is 0. The predicted octanol–water partition coefficient (Wildman–Crippen LogP) is 2.12. The van der Waals surface area contributed by atoms with Gasteiger partial charge < -0.3 is 0 Å². The number of rotatable bonds is 2. The second-order valence-corrected chi connectivity index (χ2v) is 3.17. The Morgan fingerprint density at radius 3 is 2.38 bits per heavy atom. The molecular formula is C12H10N2O2. The summed E-state index contributed by atoms with van der Waals surface area (Å²) in [6, 6.07) is 13.5. The van der Waals surface area contributed by atoms with E-state index in [4.69, 9.17) is 0 Å². The van der Waals surface area contributed by atoms with E-state index in [2.05, 4.69) is 4.98 Å². The SMILES string of the molecule is O=C(c1ccccn1)N(O)c1ccccc1. The monoisotopic (exact) mass is 214 g/mol. The molecule has 0 fully saturated rings. The van der Waals surface area contributed by atoms with Crippen molar-refractivity contribution in [2.24, 2.45) is 0 Å². The van der Waals surface area contributed by atoms with Crippen LogP contribution in [0.25, 0.3) is 0 Å². The highest BCUT2D eigenvalue weighted by molar-refractivity contribution is 6.02. The second-order valence-electron chi connectivity index (χ2n) is 3.17. The number of hydrogen-bond donors (Lipinski definition) is 1. The largest absolute Gasteiger partial charge is 0.300 e. The first-order chi connectivity index (χ1) is 7.79. The maximum absolute atomic E-state index is 11.8. The van der Waals surface area contributed by atoms with E-state index in [1.807, 2.05) is 6.07 Å². The fourth-order valence-electron chi connectivity index (χ4n) is 1.28. The van der Waals surface area contributed by atoms with Crippen LogP contribution in [0.5, 0.6) is 0 Å². The fourth-order valence-corrected chi connectivity index (χ4v) is 1.28. The minimum Gasteiger partial charge on any atom is -0.281 e. The topological polar surface area (TPSA) is 53.4 Å². The zero-order valence-electron chi connectivity index (χ0n) is 8.45. The van der Waals surface area contributed by atoms with Crippen LogP contribution in [0.2, 0.25) is 0 Å². The minimum absolute atomic E-state index is 0.203. The summed E-state index contributed by atoms with van der Waals surface area (Å²) in [4.78, 5) is 15.6. The molecule has 0 atom stereocenters. The molecule has 0 aliphatic carbocycles. The number of aromatic nitrogens is 1. The van der Waals surface area contributed by atoms with E-state index >= 15 is 0 Å². The van der Waals surface area contributed by atoms with Gasteiger partial charge in [-0.25, -0.2) is 0 Å². The van der Waals surface area contributed by atoms with Crippen molar-refractivity contribution in [3.05, 3.63) is 60.4 Å². The molecule has 0 saturated heterocycles. The van der Waals surface area contributed by atoms with E-state index in [9.17, 15) is 10.0 Å². The lowest BCUT2D eigenvalue weighted by atomic mass is 10.3. The number of amides is 1. The highest BCUT2D eigenvalue weighted by atomic mass is 16.5. The Bertz CT molecular complexity index is 471. The summed E-state index contributed by atoms with van der Waals surface area (Å²) in [7, 11) is 0. The predicted molar refractivity (Wildman–Crippen MR) is 59.3 cm³/mol. The molecule has 1 amide bonds. The summed E-state index contributed by atoms with van der Waals surface area (Å²) in [5.41, 5.74) is 0.618. The van der Waals surface area contributed by atoms with Crippen molar-refractivity contribution in [3.8, 4) is 0 Å². The molecule has 1 heterocycles. The number of benzene rings is 1. The number of anilines is 1. The first kappa shape index (κ1) is 10.3. The van der Waals surface area contributed by atoms with Crippen LogP contribution in [0, 0.1) is 0 Å². The molecule has 0 spiro atoms. The summed E-state index contributed by atoms with van der Waals surface area (Å²) in [6.07, 6.45) is 1.51. The van der Waals surface area contributed by atoms with Crippen LogP contribution in [0.3, 0.4) is 0 Å². The first-order valence-electron chi connectivity index (χ1n) is 4.78. The smallest absolute Gasteiger partial charge is 0.281 e. The number of pyridine rings is 1. The molecule has 0 unspecified atom stereocenters. The lowest BCUT2D eigenvalue weighted by Gasteiger charge is -2.13. The van der Waals surface area contributed by atoms with Crippen molar-refractivity contribution < 1.29 is 10.0 Å². The van der Waals surface area contributed by atoms with E-state index in [-0.39, 0.29) is 5.69 Å². The quantitative estimate of drug-likeness (QED) is 0.615. The first-order valence-corrected chi connectivity index (χ1v) is 4.78. The molecule has 0 radical (unpaired) electrons.